The third-order valence-corrected chi connectivity index (χ3v) is 2.37. The number of hydrogen-bond acceptors (Lipinski definition) is 4. The molecule has 90 valence electrons. The van der Waals surface area contributed by atoms with Gasteiger partial charge in [-0.15, -0.1) is 0 Å². The molecule has 0 radical (unpaired) electrons. The molecule has 0 amide bonds. The first-order valence-corrected chi connectivity index (χ1v) is 4.88. The summed E-state index contributed by atoms with van der Waals surface area (Å²) in [6.07, 6.45) is 0. The largest absolute Gasteiger partial charge is 0.493 e. The van der Waals surface area contributed by atoms with Crippen LogP contribution in [0.5, 0.6) is 11.5 Å². The van der Waals surface area contributed by atoms with E-state index < -0.39 is 5.82 Å². The van der Waals surface area contributed by atoms with Gasteiger partial charge >= 0.3 is 0 Å². The van der Waals surface area contributed by atoms with E-state index >= 15 is 0 Å². The number of nitrogens with one attached hydrogen (secondary N) is 1. The molecule has 0 unspecified atom stereocenters. The van der Waals surface area contributed by atoms with E-state index in [1.54, 1.807) is 0 Å². The van der Waals surface area contributed by atoms with Gasteiger partial charge in [-0.2, -0.15) is 5.48 Å². The molecular weight excluding hydrogens is 237 g/mol. The maximum atomic E-state index is 13.7. The molecule has 0 heterocycles. The van der Waals surface area contributed by atoms with Crippen LogP contribution in [0.2, 0.25) is 5.02 Å². The Kier molecular flexibility index (Phi) is 4.79. The summed E-state index contributed by atoms with van der Waals surface area (Å²) in [5.74, 6) is 0.00787. The Morgan fingerprint density at radius 2 is 2.00 bits per heavy atom. The molecule has 6 heteroatoms. The summed E-state index contributed by atoms with van der Waals surface area (Å²) >= 11 is 5.81. The summed E-state index contributed by atoms with van der Waals surface area (Å²) in [7, 11) is 4.30. The predicted octanol–water partition coefficient (Wildman–Crippen LogP) is 2.15. The van der Waals surface area contributed by atoms with Gasteiger partial charge in [0, 0.05) is 12.1 Å². The van der Waals surface area contributed by atoms with E-state index in [2.05, 4.69) is 10.3 Å². The summed E-state index contributed by atoms with van der Waals surface area (Å²) in [5, 5.41) is -0.102. The SMILES string of the molecule is CONCc1cc(OC)c(OC)c(Cl)c1F. The standard InChI is InChI=1S/C10H13ClFNO3/c1-14-7-4-6(5-13-16-3)9(12)8(11)10(7)15-2/h4,13H,5H2,1-3H3. The van der Waals surface area contributed by atoms with Crippen LogP contribution in [0.25, 0.3) is 0 Å². The molecule has 0 aliphatic heterocycles. The predicted molar refractivity (Wildman–Crippen MR) is 58.4 cm³/mol. The molecule has 0 aromatic heterocycles. The van der Waals surface area contributed by atoms with Crippen molar-refractivity contribution in [2.24, 2.45) is 0 Å². The fraction of sp³-hybridized carbons (Fsp3) is 0.400. The summed E-state index contributed by atoms with van der Waals surface area (Å²) < 4.78 is 23.7. The Morgan fingerprint density at radius 1 is 1.31 bits per heavy atom. The highest BCUT2D eigenvalue weighted by atomic mass is 35.5. The quantitative estimate of drug-likeness (QED) is 0.812. The van der Waals surface area contributed by atoms with Crippen molar-refractivity contribution >= 4 is 11.6 Å². The zero-order valence-electron chi connectivity index (χ0n) is 9.27. The monoisotopic (exact) mass is 249 g/mol. The maximum Gasteiger partial charge on any atom is 0.182 e. The lowest BCUT2D eigenvalue weighted by atomic mass is 10.2. The highest BCUT2D eigenvalue weighted by Crippen LogP contribution is 2.38. The first-order chi connectivity index (χ1) is 7.65. The van der Waals surface area contributed by atoms with E-state index in [9.17, 15) is 4.39 Å². The average molecular weight is 250 g/mol. The van der Waals surface area contributed by atoms with Crippen LogP contribution in [0.15, 0.2) is 6.07 Å². The third kappa shape index (κ3) is 2.55. The van der Waals surface area contributed by atoms with Gasteiger partial charge < -0.3 is 14.3 Å². The molecular formula is C10H13ClFNO3. The Bertz CT molecular complexity index is 374. The normalized spacial score (nSPS) is 10.3. The fourth-order valence-corrected chi connectivity index (χ4v) is 1.55. The highest BCUT2D eigenvalue weighted by Gasteiger charge is 2.17. The van der Waals surface area contributed by atoms with E-state index in [4.69, 9.17) is 21.1 Å². The van der Waals surface area contributed by atoms with Crippen LogP contribution in [0, 0.1) is 5.82 Å². The average Bonchev–Trinajstić information content (AvgIpc) is 2.30. The molecule has 1 aromatic rings. The molecule has 0 aliphatic rings. The van der Waals surface area contributed by atoms with Crippen LogP contribution in [-0.4, -0.2) is 21.3 Å². The van der Waals surface area contributed by atoms with Crippen LogP contribution in [0.3, 0.4) is 0 Å². The van der Waals surface area contributed by atoms with Gasteiger partial charge in [0.2, 0.25) is 0 Å². The molecule has 0 bridgehead atoms. The zero-order valence-corrected chi connectivity index (χ0v) is 10.0. The summed E-state index contributed by atoms with van der Waals surface area (Å²) in [6, 6.07) is 1.51. The highest BCUT2D eigenvalue weighted by molar-refractivity contribution is 6.32. The molecule has 0 saturated carbocycles. The Hall–Kier alpha value is -1.04. The van der Waals surface area contributed by atoms with Crippen molar-refractivity contribution in [3.63, 3.8) is 0 Å². The second kappa shape index (κ2) is 5.89. The lowest BCUT2D eigenvalue weighted by molar-refractivity contribution is 0.0858. The van der Waals surface area contributed by atoms with Crippen molar-refractivity contribution in [2.75, 3.05) is 21.3 Å². The van der Waals surface area contributed by atoms with Gasteiger partial charge in [-0.3, -0.25) is 0 Å². The minimum Gasteiger partial charge on any atom is -0.493 e. The molecule has 1 aromatic carbocycles. The van der Waals surface area contributed by atoms with E-state index in [0.29, 0.717) is 11.3 Å². The van der Waals surface area contributed by atoms with Crippen LogP contribution in [-0.2, 0) is 11.4 Å². The fourth-order valence-electron chi connectivity index (χ4n) is 1.26. The number of methoxy groups -OCH3 is 2. The van der Waals surface area contributed by atoms with E-state index in [1.807, 2.05) is 0 Å². The smallest absolute Gasteiger partial charge is 0.182 e. The third-order valence-electron chi connectivity index (χ3n) is 2.03. The number of ether oxygens (including phenoxy) is 2. The number of benzene rings is 1. The number of rotatable bonds is 5. The molecule has 0 atom stereocenters. The van der Waals surface area contributed by atoms with Crippen LogP contribution >= 0.6 is 11.6 Å². The first kappa shape index (κ1) is 13.0. The molecule has 0 aliphatic carbocycles. The van der Waals surface area contributed by atoms with Crippen molar-refractivity contribution in [1.29, 1.82) is 0 Å². The number of halogens is 2. The van der Waals surface area contributed by atoms with Crippen molar-refractivity contribution in [2.45, 2.75) is 6.54 Å². The summed E-state index contributed by atoms with van der Waals surface area (Å²) in [4.78, 5) is 4.64. The Balaban J connectivity index is 3.16. The van der Waals surface area contributed by atoms with E-state index in [0.717, 1.165) is 0 Å². The molecule has 1 N–H and O–H groups in total. The van der Waals surface area contributed by atoms with Crippen LogP contribution in [0.1, 0.15) is 5.56 Å². The number of hydrogen-bond donors (Lipinski definition) is 1. The van der Waals surface area contributed by atoms with Crippen molar-refractivity contribution in [1.82, 2.24) is 5.48 Å². The van der Waals surface area contributed by atoms with Crippen LogP contribution < -0.4 is 15.0 Å². The van der Waals surface area contributed by atoms with Gasteiger partial charge in [0.15, 0.2) is 11.5 Å². The lowest BCUT2D eigenvalue weighted by Gasteiger charge is -2.13. The van der Waals surface area contributed by atoms with Gasteiger partial charge in [0.25, 0.3) is 0 Å². The van der Waals surface area contributed by atoms with Crippen LogP contribution in [0.4, 0.5) is 4.39 Å². The van der Waals surface area contributed by atoms with Gasteiger partial charge in [-0.1, -0.05) is 11.6 Å². The Labute approximate surface area is 98.2 Å². The van der Waals surface area contributed by atoms with E-state index in [1.165, 1.54) is 27.4 Å². The lowest BCUT2D eigenvalue weighted by Crippen LogP contribution is -2.12. The van der Waals surface area contributed by atoms with Gasteiger partial charge in [-0.05, 0) is 6.07 Å². The first-order valence-electron chi connectivity index (χ1n) is 4.50. The van der Waals surface area contributed by atoms with Crippen molar-refractivity contribution in [3.05, 3.63) is 22.5 Å². The minimum atomic E-state index is -0.552. The second-order valence-electron chi connectivity index (χ2n) is 2.92. The molecule has 0 fully saturated rings. The van der Waals surface area contributed by atoms with Crippen molar-refractivity contribution in [3.8, 4) is 11.5 Å². The molecule has 0 saturated heterocycles. The van der Waals surface area contributed by atoms with Crippen molar-refractivity contribution < 1.29 is 18.7 Å². The van der Waals surface area contributed by atoms with Gasteiger partial charge in [0.05, 0.1) is 21.3 Å². The maximum absolute atomic E-state index is 13.7. The summed E-state index contributed by atoms with van der Waals surface area (Å²) in [6.45, 7) is 0.183. The minimum absolute atomic E-state index is 0.102. The Morgan fingerprint density at radius 3 is 2.50 bits per heavy atom. The number of hydroxylamine groups is 1. The molecule has 16 heavy (non-hydrogen) atoms. The molecule has 4 nitrogen and oxygen atoms in total. The second-order valence-corrected chi connectivity index (χ2v) is 3.30. The topological polar surface area (TPSA) is 39.7 Å². The van der Waals surface area contributed by atoms with E-state index in [-0.39, 0.29) is 17.3 Å². The van der Waals surface area contributed by atoms with Gasteiger partial charge in [-0.25, -0.2) is 4.39 Å². The molecule has 0 spiro atoms. The van der Waals surface area contributed by atoms with Gasteiger partial charge in [0.1, 0.15) is 10.8 Å². The zero-order chi connectivity index (χ0) is 12.1. The summed E-state index contributed by atoms with van der Waals surface area (Å²) in [5.41, 5.74) is 2.86. The molecule has 1 rings (SSSR count).